The molecule has 1 aromatic heterocycles. The van der Waals surface area contributed by atoms with Crippen molar-refractivity contribution in [3.8, 4) is 0 Å². The maximum atomic E-state index is 12.6. The highest BCUT2D eigenvalue weighted by Crippen LogP contribution is 2.25. The van der Waals surface area contributed by atoms with Crippen molar-refractivity contribution in [3.05, 3.63) is 21.9 Å². The minimum absolute atomic E-state index is 0.00380. The molecule has 6 nitrogen and oxygen atoms in total. The average molecular weight is 338 g/mol. The van der Waals surface area contributed by atoms with Crippen molar-refractivity contribution in [2.24, 2.45) is 5.92 Å². The van der Waals surface area contributed by atoms with Gasteiger partial charge in [-0.2, -0.15) is 0 Å². The van der Waals surface area contributed by atoms with Gasteiger partial charge in [-0.15, -0.1) is 11.3 Å². The summed E-state index contributed by atoms with van der Waals surface area (Å²) >= 11 is 1.40. The van der Waals surface area contributed by atoms with Crippen molar-refractivity contribution in [1.29, 1.82) is 0 Å². The number of nitrogens with one attached hydrogen (secondary N) is 1. The van der Waals surface area contributed by atoms with Crippen molar-refractivity contribution in [3.63, 3.8) is 0 Å². The SMILES string of the molecule is CC(=O)NCc1ccc(C(=O)N2CCCC(CCC(=O)O)C2)s1. The summed E-state index contributed by atoms with van der Waals surface area (Å²) in [4.78, 5) is 37.6. The number of hydrogen-bond donors (Lipinski definition) is 2. The van der Waals surface area contributed by atoms with Crippen LogP contribution in [0.25, 0.3) is 0 Å². The van der Waals surface area contributed by atoms with E-state index in [0.29, 0.717) is 24.4 Å². The van der Waals surface area contributed by atoms with Gasteiger partial charge in [0.15, 0.2) is 0 Å². The van der Waals surface area contributed by atoms with Crippen molar-refractivity contribution in [1.82, 2.24) is 10.2 Å². The first kappa shape index (κ1) is 17.5. The lowest BCUT2D eigenvalue weighted by Crippen LogP contribution is -2.39. The molecule has 2 amide bonds. The minimum atomic E-state index is -0.783. The number of carboxylic acids is 1. The number of nitrogens with zero attached hydrogens (tertiary/aromatic N) is 1. The van der Waals surface area contributed by atoms with Gasteiger partial charge >= 0.3 is 5.97 Å². The van der Waals surface area contributed by atoms with E-state index in [9.17, 15) is 14.4 Å². The van der Waals surface area contributed by atoms with Gasteiger partial charge in [0.05, 0.1) is 11.4 Å². The van der Waals surface area contributed by atoms with E-state index in [1.54, 1.807) is 6.07 Å². The Labute approximate surface area is 139 Å². The van der Waals surface area contributed by atoms with Gasteiger partial charge in [0.25, 0.3) is 5.91 Å². The molecule has 1 fully saturated rings. The van der Waals surface area contributed by atoms with Crippen LogP contribution in [0.5, 0.6) is 0 Å². The molecule has 0 radical (unpaired) electrons. The molecule has 0 aromatic carbocycles. The predicted octanol–water partition coefficient (Wildman–Crippen LogP) is 2.10. The lowest BCUT2D eigenvalue weighted by atomic mass is 9.93. The molecule has 1 aliphatic rings. The van der Waals surface area contributed by atoms with Gasteiger partial charge in [-0.25, -0.2) is 0 Å². The van der Waals surface area contributed by atoms with E-state index < -0.39 is 5.97 Å². The summed E-state index contributed by atoms with van der Waals surface area (Å²) in [5.41, 5.74) is 0. The number of thiophene rings is 1. The number of rotatable bonds is 6. The van der Waals surface area contributed by atoms with Crippen molar-refractivity contribution >= 4 is 29.1 Å². The molecule has 1 atom stereocenters. The second-order valence-corrected chi connectivity index (χ2v) is 7.04. The second-order valence-electron chi connectivity index (χ2n) is 5.87. The Morgan fingerprint density at radius 1 is 1.39 bits per heavy atom. The van der Waals surface area contributed by atoms with Crippen LogP contribution in [-0.2, 0) is 16.1 Å². The zero-order valence-electron chi connectivity index (χ0n) is 13.2. The zero-order chi connectivity index (χ0) is 16.8. The molecule has 0 saturated carbocycles. The first-order valence-corrected chi connectivity index (χ1v) is 8.61. The summed E-state index contributed by atoms with van der Waals surface area (Å²) in [5.74, 6) is -0.607. The van der Waals surface area contributed by atoms with Crippen molar-refractivity contribution in [2.45, 2.75) is 39.2 Å². The number of carbonyl (C=O) groups excluding carboxylic acids is 2. The third-order valence-electron chi connectivity index (χ3n) is 3.96. The van der Waals surface area contributed by atoms with Crippen LogP contribution in [0.2, 0.25) is 0 Å². The first-order chi connectivity index (χ1) is 11.0. The average Bonchev–Trinajstić information content (AvgIpc) is 2.99. The largest absolute Gasteiger partial charge is 0.481 e. The molecule has 2 rings (SSSR count). The number of amides is 2. The maximum absolute atomic E-state index is 12.6. The summed E-state index contributed by atoms with van der Waals surface area (Å²) < 4.78 is 0. The fourth-order valence-electron chi connectivity index (χ4n) is 2.77. The topological polar surface area (TPSA) is 86.7 Å². The predicted molar refractivity (Wildman–Crippen MR) is 87.3 cm³/mol. The van der Waals surface area contributed by atoms with Gasteiger partial charge in [-0.05, 0) is 37.3 Å². The van der Waals surface area contributed by atoms with Crippen molar-refractivity contribution < 1.29 is 19.5 Å². The molecule has 1 unspecified atom stereocenters. The van der Waals surface area contributed by atoms with E-state index in [1.807, 2.05) is 11.0 Å². The van der Waals surface area contributed by atoms with Crippen LogP contribution in [0.3, 0.4) is 0 Å². The summed E-state index contributed by atoms with van der Waals surface area (Å²) in [6, 6.07) is 3.66. The number of carbonyl (C=O) groups is 3. The maximum Gasteiger partial charge on any atom is 0.303 e. The third-order valence-corrected chi connectivity index (χ3v) is 5.03. The number of likely N-dealkylation sites (tertiary alicyclic amines) is 1. The number of aliphatic carboxylic acids is 1. The summed E-state index contributed by atoms with van der Waals surface area (Å²) in [6.45, 7) is 3.26. The quantitative estimate of drug-likeness (QED) is 0.831. The highest BCUT2D eigenvalue weighted by molar-refractivity contribution is 7.14. The highest BCUT2D eigenvalue weighted by Gasteiger charge is 2.25. The second kappa shape index (κ2) is 8.10. The Morgan fingerprint density at radius 2 is 2.17 bits per heavy atom. The lowest BCUT2D eigenvalue weighted by molar-refractivity contribution is -0.137. The number of piperidine rings is 1. The number of hydrogen-bond acceptors (Lipinski definition) is 4. The standard InChI is InChI=1S/C16H22N2O4S/c1-11(19)17-9-13-5-6-14(23-13)16(22)18-8-2-3-12(10-18)4-7-15(20)21/h5-6,12H,2-4,7-10H2,1H3,(H,17,19)(H,20,21). The Hall–Kier alpha value is -1.89. The van der Waals surface area contributed by atoms with Crippen LogP contribution in [-0.4, -0.2) is 40.9 Å². The van der Waals surface area contributed by atoms with E-state index in [1.165, 1.54) is 18.3 Å². The summed E-state index contributed by atoms with van der Waals surface area (Å²) in [6.07, 6.45) is 2.68. The highest BCUT2D eigenvalue weighted by atomic mass is 32.1. The van der Waals surface area contributed by atoms with E-state index in [0.717, 1.165) is 24.3 Å². The number of carboxylic acid groups (broad SMARTS) is 1. The first-order valence-electron chi connectivity index (χ1n) is 7.80. The third kappa shape index (κ3) is 5.35. The monoisotopic (exact) mass is 338 g/mol. The minimum Gasteiger partial charge on any atom is -0.481 e. The van der Waals surface area contributed by atoms with Crippen LogP contribution in [0.1, 0.15) is 47.2 Å². The van der Waals surface area contributed by atoms with Gasteiger partial charge < -0.3 is 15.3 Å². The van der Waals surface area contributed by atoms with Gasteiger partial charge in [0.1, 0.15) is 0 Å². The fourth-order valence-corrected chi connectivity index (χ4v) is 3.68. The molecule has 2 N–H and O–H groups in total. The van der Waals surface area contributed by atoms with Crippen LogP contribution in [0, 0.1) is 5.92 Å². The van der Waals surface area contributed by atoms with Crippen LogP contribution < -0.4 is 5.32 Å². The van der Waals surface area contributed by atoms with Crippen molar-refractivity contribution in [2.75, 3.05) is 13.1 Å². The fraction of sp³-hybridized carbons (Fsp3) is 0.562. The summed E-state index contributed by atoms with van der Waals surface area (Å²) in [7, 11) is 0. The van der Waals surface area contributed by atoms with Crippen LogP contribution in [0.4, 0.5) is 0 Å². The Balaban J connectivity index is 1.91. The smallest absolute Gasteiger partial charge is 0.303 e. The molecule has 1 aromatic rings. The molecule has 0 spiro atoms. The Bertz CT molecular complexity index is 584. The van der Waals surface area contributed by atoms with E-state index in [2.05, 4.69) is 5.32 Å². The van der Waals surface area contributed by atoms with Gasteiger partial charge in [-0.3, -0.25) is 14.4 Å². The molecule has 126 valence electrons. The van der Waals surface area contributed by atoms with E-state index in [4.69, 9.17) is 5.11 Å². The molecule has 0 aliphatic carbocycles. The molecule has 0 bridgehead atoms. The van der Waals surface area contributed by atoms with E-state index in [-0.39, 0.29) is 24.2 Å². The van der Waals surface area contributed by atoms with Gasteiger partial charge in [0, 0.05) is 31.3 Å². The molecule has 2 heterocycles. The Morgan fingerprint density at radius 3 is 2.87 bits per heavy atom. The van der Waals surface area contributed by atoms with Crippen LogP contribution in [0.15, 0.2) is 12.1 Å². The Kier molecular flexibility index (Phi) is 6.15. The van der Waals surface area contributed by atoms with Gasteiger partial charge in [-0.1, -0.05) is 0 Å². The van der Waals surface area contributed by atoms with Gasteiger partial charge in [0.2, 0.25) is 5.91 Å². The lowest BCUT2D eigenvalue weighted by Gasteiger charge is -2.32. The van der Waals surface area contributed by atoms with E-state index >= 15 is 0 Å². The molecular formula is C16H22N2O4S. The molecule has 23 heavy (non-hydrogen) atoms. The molecule has 1 aliphatic heterocycles. The normalized spacial score (nSPS) is 17.8. The molecule has 7 heteroatoms. The van der Waals surface area contributed by atoms with Crippen LogP contribution >= 0.6 is 11.3 Å². The molecule has 1 saturated heterocycles. The summed E-state index contributed by atoms with van der Waals surface area (Å²) in [5, 5.41) is 11.5. The molecular weight excluding hydrogens is 316 g/mol. The zero-order valence-corrected chi connectivity index (χ0v) is 14.0.